The van der Waals surface area contributed by atoms with Crippen molar-refractivity contribution in [2.24, 2.45) is 5.92 Å². The maximum atomic E-state index is 3.56. The van der Waals surface area contributed by atoms with Crippen LogP contribution in [0.3, 0.4) is 0 Å². The van der Waals surface area contributed by atoms with Crippen molar-refractivity contribution in [1.29, 1.82) is 0 Å². The van der Waals surface area contributed by atoms with Crippen molar-refractivity contribution in [2.45, 2.75) is 83.8 Å². The van der Waals surface area contributed by atoms with Gasteiger partial charge in [0.15, 0.2) is 0 Å². The van der Waals surface area contributed by atoms with E-state index in [0.717, 1.165) is 24.5 Å². The molecule has 1 heterocycles. The minimum absolute atomic E-state index is 0.662. The summed E-state index contributed by atoms with van der Waals surface area (Å²) in [7, 11) is 0. The summed E-state index contributed by atoms with van der Waals surface area (Å²) >= 11 is 0. The molecule has 1 aliphatic carbocycles. The van der Waals surface area contributed by atoms with E-state index in [1.165, 1.54) is 51.5 Å². The van der Waals surface area contributed by atoms with E-state index >= 15 is 0 Å². The Hall–Kier alpha value is -0.0800. The molecule has 0 aromatic rings. The second-order valence-electron chi connectivity index (χ2n) is 6.54. The summed E-state index contributed by atoms with van der Waals surface area (Å²) in [6, 6.07) is 2.33. The normalized spacial score (nSPS) is 29.8. The van der Waals surface area contributed by atoms with Gasteiger partial charge >= 0.3 is 0 Å². The van der Waals surface area contributed by atoms with Crippen molar-refractivity contribution < 1.29 is 0 Å². The largest absolute Gasteiger partial charge is 0.314 e. The number of nitrogens with zero attached hydrogens (tertiary/aromatic N) is 1. The Morgan fingerprint density at radius 2 is 1.83 bits per heavy atom. The Bertz CT molecular complexity index is 235. The summed E-state index contributed by atoms with van der Waals surface area (Å²) in [6.07, 6.45) is 10.2. The lowest BCUT2D eigenvalue weighted by molar-refractivity contribution is 0.131. The van der Waals surface area contributed by atoms with Crippen LogP contribution in [0, 0.1) is 5.92 Å². The second kappa shape index (κ2) is 6.91. The SMILES string of the molecule is CCNC(C)CC(C)N1CCCC1C1CCCC1. The minimum atomic E-state index is 0.662. The minimum Gasteiger partial charge on any atom is -0.314 e. The molecule has 2 heteroatoms. The zero-order valence-electron chi connectivity index (χ0n) is 12.6. The van der Waals surface area contributed by atoms with Gasteiger partial charge in [-0.15, -0.1) is 0 Å². The molecular weight excluding hydrogens is 220 g/mol. The van der Waals surface area contributed by atoms with Crippen LogP contribution in [-0.4, -0.2) is 36.1 Å². The summed E-state index contributed by atoms with van der Waals surface area (Å²) in [4.78, 5) is 2.84. The van der Waals surface area contributed by atoms with E-state index in [4.69, 9.17) is 0 Å². The molecule has 1 aliphatic heterocycles. The van der Waals surface area contributed by atoms with E-state index < -0.39 is 0 Å². The molecule has 3 atom stereocenters. The lowest BCUT2D eigenvalue weighted by Gasteiger charge is -2.35. The number of hydrogen-bond acceptors (Lipinski definition) is 2. The zero-order chi connectivity index (χ0) is 13.0. The van der Waals surface area contributed by atoms with E-state index in [9.17, 15) is 0 Å². The maximum Gasteiger partial charge on any atom is 0.0127 e. The summed E-state index contributed by atoms with van der Waals surface area (Å²) in [5.74, 6) is 1.02. The highest BCUT2D eigenvalue weighted by Gasteiger charge is 2.35. The molecule has 0 aromatic carbocycles. The molecule has 0 bridgehead atoms. The summed E-state index contributed by atoms with van der Waals surface area (Å²) < 4.78 is 0. The molecule has 0 radical (unpaired) electrons. The molecule has 2 rings (SSSR count). The van der Waals surface area contributed by atoms with Crippen molar-refractivity contribution in [3.63, 3.8) is 0 Å². The lowest BCUT2D eigenvalue weighted by atomic mass is 9.94. The van der Waals surface area contributed by atoms with Crippen molar-refractivity contribution in [3.05, 3.63) is 0 Å². The van der Waals surface area contributed by atoms with Crippen molar-refractivity contribution in [1.82, 2.24) is 10.2 Å². The van der Waals surface area contributed by atoms with Crippen LogP contribution in [0.4, 0.5) is 0 Å². The number of nitrogens with one attached hydrogen (secondary N) is 1. The Morgan fingerprint density at radius 1 is 1.11 bits per heavy atom. The zero-order valence-corrected chi connectivity index (χ0v) is 12.6. The summed E-state index contributed by atoms with van der Waals surface area (Å²) in [6.45, 7) is 9.43. The van der Waals surface area contributed by atoms with Gasteiger partial charge in [0.2, 0.25) is 0 Å². The predicted octanol–water partition coefficient (Wildman–Crippen LogP) is 3.42. The predicted molar refractivity (Wildman–Crippen MR) is 78.9 cm³/mol. The molecule has 0 amide bonds. The first-order valence-corrected chi connectivity index (χ1v) is 8.21. The van der Waals surface area contributed by atoms with Crippen LogP contribution < -0.4 is 5.32 Å². The molecule has 0 spiro atoms. The van der Waals surface area contributed by atoms with Crippen LogP contribution in [0.2, 0.25) is 0 Å². The molecule has 106 valence electrons. The van der Waals surface area contributed by atoms with E-state index in [1.54, 1.807) is 0 Å². The van der Waals surface area contributed by atoms with Gasteiger partial charge in [-0.25, -0.2) is 0 Å². The molecule has 2 fully saturated rings. The molecule has 2 nitrogen and oxygen atoms in total. The van der Waals surface area contributed by atoms with Crippen LogP contribution >= 0.6 is 0 Å². The first kappa shape index (κ1) is 14.3. The Kier molecular flexibility index (Phi) is 5.50. The van der Waals surface area contributed by atoms with Crippen LogP contribution in [0.1, 0.15) is 65.7 Å². The van der Waals surface area contributed by atoms with Crippen LogP contribution in [0.15, 0.2) is 0 Å². The van der Waals surface area contributed by atoms with Crippen molar-refractivity contribution >= 4 is 0 Å². The third-order valence-electron chi connectivity index (χ3n) is 5.10. The Labute approximate surface area is 114 Å². The molecule has 3 unspecified atom stereocenters. The van der Waals surface area contributed by atoms with Gasteiger partial charge in [0.25, 0.3) is 0 Å². The van der Waals surface area contributed by atoms with Crippen LogP contribution in [0.25, 0.3) is 0 Å². The molecule has 18 heavy (non-hydrogen) atoms. The summed E-state index contributed by atoms with van der Waals surface area (Å²) in [5.41, 5.74) is 0. The van der Waals surface area contributed by atoms with E-state index in [0.29, 0.717) is 6.04 Å². The van der Waals surface area contributed by atoms with Gasteiger partial charge < -0.3 is 5.32 Å². The van der Waals surface area contributed by atoms with Gasteiger partial charge in [-0.2, -0.15) is 0 Å². The second-order valence-corrected chi connectivity index (χ2v) is 6.54. The average molecular weight is 252 g/mol. The molecule has 2 aliphatic rings. The fourth-order valence-electron chi connectivity index (χ4n) is 4.29. The number of likely N-dealkylation sites (tertiary alicyclic amines) is 1. The van der Waals surface area contributed by atoms with Gasteiger partial charge in [-0.3, -0.25) is 4.90 Å². The molecule has 0 aromatic heterocycles. The first-order valence-electron chi connectivity index (χ1n) is 8.21. The Balaban J connectivity index is 1.85. The monoisotopic (exact) mass is 252 g/mol. The molecule has 1 saturated carbocycles. The fourth-order valence-corrected chi connectivity index (χ4v) is 4.29. The molecular formula is C16H32N2. The van der Waals surface area contributed by atoms with Crippen LogP contribution in [0.5, 0.6) is 0 Å². The van der Waals surface area contributed by atoms with E-state index in [-0.39, 0.29) is 0 Å². The van der Waals surface area contributed by atoms with E-state index in [1.807, 2.05) is 0 Å². The van der Waals surface area contributed by atoms with Gasteiger partial charge in [0.05, 0.1) is 0 Å². The molecule has 1 saturated heterocycles. The van der Waals surface area contributed by atoms with Gasteiger partial charge in [0, 0.05) is 18.1 Å². The smallest absolute Gasteiger partial charge is 0.0127 e. The molecule has 1 N–H and O–H groups in total. The average Bonchev–Trinajstić information content (AvgIpc) is 3.00. The quantitative estimate of drug-likeness (QED) is 0.779. The standard InChI is InChI=1S/C16H32N2/c1-4-17-13(2)12-14(3)18-11-7-10-16(18)15-8-5-6-9-15/h13-17H,4-12H2,1-3H3. The van der Waals surface area contributed by atoms with Crippen molar-refractivity contribution in [2.75, 3.05) is 13.1 Å². The highest BCUT2D eigenvalue weighted by atomic mass is 15.2. The third-order valence-corrected chi connectivity index (χ3v) is 5.10. The summed E-state index contributed by atoms with van der Waals surface area (Å²) in [5, 5.41) is 3.56. The maximum absolute atomic E-state index is 3.56. The highest BCUT2D eigenvalue weighted by molar-refractivity contribution is 4.90. The Morgan fingerprint density at radius 3 is 2.50 bits per heavy atom. The van der Waals surface area contributed by atoms with Gasteiger partial charge in [0.1, 0.15) is 0 Å². The van der Waals surface area contributed by atoms with E-state index in [2.05, 4.69) is 31.0 Å². The number of rotatable bonds is 6. The highest BCUT2D eigenvalue weighted by Crippen LogP contribution is 2.36. The number of hydrogen-bond donors (Lipinski definition) is 1. The van der Waals surface area contributed by atoms with Gasteiger partial charge in [-0.1, -0.05) is 19.8 Å². The van der Waals surface area contributed by atoms with Crippen molar-refractivity contribution in [3.8, 4) is 0 Å². The third kappa shape index (κ3) is 3.48. The van der Waals surface area contributed by atoms with Crippen LogP contribution in [-0.2, 0) is 0 Å². The first-order chi connectivity index (χ1) is 8.72. The van der Waals surface area contributed by atoms with Gasteiger partial charge in [-0.05, 0) is 65.0 Å². The topological polar surface area (TPSA) is 15.3 Å². The fraction of sp³-hybridized carbons (Fsp3) is 1.00. The lowest BCUT2D eigenvalue weighted by Crippen LogP contribution is -2.43.